The molecule has 0 aliphatic carbocycles. The van der Waals surface area contributed by atoms with Crippen molar-refractivity contribution in [1.82, 2.24) is 0 Å². The van der Waals surface area contributed by atoms with E-state index in [1.165, 1.54) is 9.79 Å². The van der Waals surface area contributed by atoms with Gasteiger partial charge in [-0.1, -0.05) is 70.2 Å². The van der Waals surface area contributed by atoms with Crippen LogP contribution in [0.2, 0.25) is 0 Å². The van der Waals surface area contributed by atoms with Crippen LogP contribution in [-0.4, -0.2) is 15.4 Å². The van der Waals surface area contributed by atoms with Crippen molar-refractivity contribution in [1.29, 1.82) is 0 Å². The molecule has 2 N–H and O–H groups in total. The van der Waals surface area contributed by atoms with Crippen molar-refractivity contribution in [2.24, 2.45) is 11.7 Å². The molecule has 0 aliphatic heterocycles. The lowest BCUT2D eigenvalue weighted by molar-refractivity contribution is -0.114. The van der Waals surface area contributed by atoms with Crippen LogP contribution in [0, 0.1) is 5.92 Å². The second-order valence-corrected chi connectivity index (χ2v) is 12.3. The first-order valence-electron chi connectivity index (χ1n) is 10.0. The van der Waals surface area contributed by atoms with Gasteiger partial charge in [0, 0.05) is 24.9 Å². The highest BCUT2D eigenvalue weighted by Crippen LogP contribution is 2.43. The van der Waals surface area contributed by atoms with Crippen LogP contribution in [-0.2, 0) is 4.79 Å². The summed E-state index contributed by atoms with van der Waals surface area (Å²) in [4.78, 5) is 14.2. The van der Waals surface area contributed by atoms with Gasteiger partial charge >= 0.3 is 0 Å². The SMILES string of the molecule is CC(=CC(CC(C)(C)Sc1ccccc1)CC(C)(C)Sc1ccccc1)C(N)=O. The molecule has 0 radical (unpaired) electrons. The van der Waals surface area contributed by atoms with Crippen molar-refractivity contribution >= 4 is 29.4 Å². The minimum absolute atomic E-state index is 0.0357. The normalized spacial score (nSPS) is 13.0. The number of rotatable bonds is 10. The van der Waals surface area contributed by atoms with E-state index in [0.717, 1.165) is 12.8 Å². The summed E-state index contributed by atoms with van der Waals surface area (Å²) in [5.74, 6) is -0.0723. The molecular formula is C25H33NOS2. The van der Waals surface area contributed by atoms with E-state index in [-0.39, 0.29) is 21.3 Å². The van der Waals surface area contributed by atoms with Gasteiger partial charge in [-0.15, -0.1) is 23.5 Å². The molecule has 156 valence electrons. The Morgan fingerprint density at radius 3 is 1.59 bits per heavy atom. The molecule has 0 saturated heterocycles. The maximum atomic E-state index is 11.7. The second-order valence-electron chi connectivity index (χ2n) is 8.73. The Labute approximate surface area is 184 Å². The van der Waals surface area contributed by atoms with Crippen LogP contribution >= 0.6 is 23.5 Å². The molecule has 2 nitrogen and oxygen atoms in total. The highest BCUT2D eigenvalue weighted by molar-refractivity contribution is 8.00. The number of carbonyl (C=O) groups excluding carboxylic acids is 1. The molecule has 2 aromatic carbocycles. The van der Waals surface area contributed by atoms with Gasteiger partial charge in [-0.3, -0.25) is 4.79 Å². The van der Waals surface area contributed by atoms with Crippen molar-refractivity contribution in [3.63, 3.8) is 0 Å². The van der Waals surface area contributed by atoms with Crippen molar-refractivity contribution in [3.05, 3.63) is 72.3 Å². The van der Waals surface area contributed by atoms with E-state index in [9.17, 15) is 4.79 Å². The molecule has 29 heavy (non-hydrogen) atoms. The Hall–Kier alpha value is -1.65. The van der Waals surface area contributed by atoms with Gasteiger partial charge in [0.1, 0.15) is 0 Å². The smallest absolute Gasteiger partial charge is 0.244 e. The molecule has 0 aromatic heterocycles. The van der Waals surface area contributed by atoms with E-state index in [1.807, 2.05) is 42.6 Å². The molecule has 0 heterocycles. The number of amides is 1. The zero-order chi connectivity index (χ0) is 21.5. The second kappa shape index (κ2) is 10.4. The van der Waals surface area contributed by atoms with E-state index in [4.69, 9.17) is 5.73 Å². The number of primary amides is 1. The molecule has 0 spiro atoms. The lowest BCUT2D eigenvalue weighted by atomic mass is 9.87. The molecule has 0 atom stereocenters. The maximum Gasteiger partial charge on any atom is 0.244 e. The van der Waals surface area contributed by atoms with E-state index >= 15 is 0 Å². The Kier molecular flexibility index (Phi) is 8.47. The predicted molar refractivity (Wildman–Crippen MR) is 128 cm³/mol. The van der Waals surface area contributed by atoms with Gasteiger partial charge in [0.25, 0.3) is 0 Å². The lowest BCUT2D eigenvalue weighted by Crippen LogP contribution is -2.26. The van der Waals surface area contributed by atoms with Crippen molar-refractivity contribution in [2.45, 2.75) is 66.7 Å². The minimum atomic E-state index is -0.336. The van der Waals surface area contributed by atoms with Crippen LogP contribution in [0.4, 0.5) is 0 Å². The van der Waals surface area contributed by atoms with E-state index in [0.29, 0.717) is 5.57 Å². The van der Waals surface area contributed by atoms with Crippen LogP contribution in [0.5, 0.6) is 0 Å². The van der Waals surface area contributed by atoms with Crippen LogP contribution < -0.4 is 5.73 Å². The number of benzene rings is 2. The first-order valence-corrected chi connectivity index (χ1v) is 11.7. The van der Waals surface area contributed by atoms with Crippen molar-refractivity contribution in [2.75, 3.05) is 0 Å². The lowest BCUT2D eigenvalue weighted by Gasteiger charge is -2.33. The Bertz CT molecular complexity index is 758. The average Bonchev–Trinajstić information content (AvgIpc) is 2.61. The fourth-order valence-electron chi connectivity index (χ4n) is 3.59. The summed E-state index contributed by atoms with van der Waals surface area (Å²) in [7, 11) is 0. The van der Waals surface area contributed by atoms with Crippen LogP contribution in [0.15, 0.2) is 82.1 Å². The molecule has 0 aliphatic rings. The molecule has 0 saturated carbocycles. The molecule has 1 amide bonds. The number of carbonyl (C=O) groups is 1. The zero-order valence-corrected chi connectivity index (χ0v) is 19.8. The standard InChI is InChI=1S/C25H33NOS2/c1-19(23(26)27)16-20(17-24(2,3)28-21-12-8-6-9-13-21)18-25(4,5)29-22-14-10-7-11-15-22/h6-16,20H,17-18H2,1-5H3,(H2,26,27). The van der Waals surface area contributed by atoms with Gasteiger partial charge in [0.15, 0.2) is 0 Å². The first kappa shape index (κ1) is 23.6. The largest absolute Gasteiger partial charge is 0.366 e. The third-order valence-electron chi connectivity index (χ3n) is 4.66. The Morgan fingerprint density at radius 2 is 1.24 bits per heavy atom. The third-order valence-corrected chi connectivity index (χ3v) is 7.11. The molecule has 0 bridgehead atoms. The van der Waals surface area contributed by atoms with E-state index in [1.54, 1.807) is 0 Å². The molecule has 0 unspecified atom stereocenters. The number of hydrogen-bond acceptors (Lipinski definition) is 3. The maximum absolute atomic E-state index is 11.7. The summed E-state index contributed by atoms with van der Waals surface area (Å²) < 4.78 is 0.0713. The number of nitrogens with two attached hydrogens (primary N) is 1. The number of hydrogen-bond donors (Lipinski definition) is 1. The highest BCUT2D eigenvalue weighted by atomic mass is 32.2. The number of thioether (sulfide) groups is 2. The Morgan fingerprint density at radius 1 is 0.862 bits per heavy atom. The monoisotopic (exact) mass is 427 g/mol. The summed E-state index contributed by atoms with van der Waals surface area (Å²) in [6.07, 6.45) is 4.02. The summed E-state index contributed by atoms with van der Waals surface area (Å²) in [6.45, 7) is 10.9. The van der Waals surface area contributed by atoms with Gasteiger partial charge in [0.05, 0.1) is 0 Å². The molecule has 4 heteroatoms. The number of allylic oxidation sites excluding steroid dienone is 1. The van der Waals surface area contributed by atoms with E-state index in [2.05, 4.69) is 82.3 Å². The van der Waals surface area contributed by atoms with Gasteiger partial charge in [-0.2, -0.15) is 0 Å². The summed E-state index contributed by atoms with van der Waals surface area (Å²) in [5, 5.41) is 0. The van der Waals surface area contributed by atoms with Crippen LogP contribution in [0.1, 0.15) is 47.5 Å². The Balaban J connectivity index is 2.17. The predicted octanol–water partition coefficient (Wildman–Crippen LogP) is 6.96. The van der Waals surface area contributed by atoms with Gasteiger partial charge < -0.3 is 5.73 Å². The zero-order valence-electron chi connectivity index (χ0n) is 18.1. The quantitative estimate of drug-likeness (QED) is 0.329. The van der Waals surface area contributed by atoms with Gasteiger partial charge in [0.2, 0.25) is 5.91 Å². The first-order chi connectivity index (χ1) is 13.6. The fraction of sp³-hybridized carbons (Fsp3) is 0.400. The van der Waals surface area contributed by atoms with Crippen molar-refractivity contribution < 1.29 is 4.79 Å². The summed E-state index contributed by atoms with van der Waals surface area (Å²) >= 11 is 3.77. The van der Waals surface area contributed by atoms with E-state index < -0.39 is 0 Å². The van der Waals surface area contributed by atoms with Gasteiger partial charge in [-0.05, 0) is 49.9 Å². The van der Waals surface area contributed by atoms with Crippen molar-refractivity contribution in [3.8, 4) is 0 Å². The third kappa shape index (κ3) is 8.71. The summed E-state index contributed by atoms with van der Waals surface area (Å²) in [6, 6.07) is 21.0. The molecule has 2 rings (SSSR count). The highest BCUT2D eigenvalue weighted by Gasteiger charge is 2.29. The molecule has 2 aromatic rings. The molecule has 0 fully saturated rings. The van der Waals surface area contributed by atoms with Gasteiger partial charge in [-0.25, -0.2) is 0 Å². The average molecular weight is 428 g/mol. The molecular weight excluding hydrogens is 394 g/mol. The van der Waals surface area contributed by atoms with Crippen LogP contribution in [0.25, 0.3) is 0 Å². The topological polar surface area (TPSA) is 43.1 Å². The summed E-state index contributed by atoms with van der Waals surface area (Å²) in [5.41, 5.74) is 6.19. The fourth-order valence-corrected chi connectivity index (χ4v) is 6.04. The van der Waals surface area contributed by atoms with Crippen LogP contribution in [0.3, 0.4) is 0 Å². The minimum Gasteiger partial charge on any atom is -0.366 e.